The molecule has 0 saturated heterocycles. The molecule has 0 aromatic carbocycles. The van der Waals surface area contributed by atoms with Crippen molar-refractivity contribution in [3.05, 3.63) is 38.1 Å². The maximum Gasteiger partial charge on any atom is 0.181 e. The van der Waals surface area contributed by atoms with Crippen molar-refractivity contribution in [3.8, 4) is 0 Å². The van der Waals surface area contributed by atoms with Crippen LogP contribution < -0.4 is 5.32 Å². The lowest BCUT2D eigenvalue weighted by Gasteiger charge is -2.07. The molecule has 0 radical (unpaired) electrons. The van der Waals surface area contributed by atoms with E-state index in [1.54, 1.807) is 11.3 Å². The van der Waals surface area contributed by atoms with Crippen molar-refractivity contribution in [1.82, 2.24) is 10.3 Å². The first-order chi connectivity index (χ1) is 7.25. The number of oxazole rings is 1. The highest BCUT2D eigenvalue weighted by Gasteiger charge is 2.29. The predicted octanol–water partition coefficient (Wildman–Crippen LogP) is 3.00. The highest BCUT2D eigenvalue weighted by molar-refractivity contribution is 9.11. The molecule has 5 heteroatoms. The van der Waals surface area contributed by atoms with Gasteiger partial charge in [-0.2, -0.15) is 0 Å². The first kappa shape index (κ1) is 9.57. The maximum absolute atomic E-state index is 5.43. The molecule has 1 aliphatic heterocycles. The molecule has 0 spiro atoms. The SMILES string of the molecule is Cc1ncoc1C1NCc2cc(Br)sc21. The van der Waals surface area contributed by atoms with E-state index in [-0.39, 0.29) is 6.04 Å². The molecule has 0 saturated carbocycles. The van der Waals surface area contributed by atoms with Crippen molar-refractivity contribution in [3.63, 3.8) is 0 Å². The van der Waals surface area contributed by atoms with E-state index in [1.165, 1.54) is 20.6 Å². The summed E-state index contributed by atoms with van der Waals surface area (Å²) in [6.45, 7) is 2.88. The van der Waals surface area contributed by atoms with Gasteiger partial charge in [0.2, 0.25) is 0 Å². The Labute approximate surface area is 99.6 Å². The molecular formula is C10H9BrN2OS. The maximum atomic E-state index is 5.43. The van der Waals surface area contributed by atoms with Crippen LogP contribution in [0.5, 0.6) is 0 Å². The Morgan fingerprint density at radius 1 is 1.67 bits per heavy atom. The van der Waals surface area contributed by atoms with E-state index in [4.69, 9.17) is 4.42 Å². The Bertz CT molecular complexity index is 505. The average Bonchev–Trinajstić information content (AvgIpc) is 2.81. The summed E-state index contributed by atoms with van der Waals surface area (Å²) in [7, 11) is 0. The van der Waals surface area contributed by atoms with Gasteiger partial charge in [-0.15, -0.1) is 11.3 Å². The second kappa shape index (κ2) is 3.43. The van der Waals surface area contributed by atoms with Crippen molar-refractivity contribution in [1.29, 1.82) is 0 Å². The number of nitrogens with one attached hydrogen (secondary N) is 1. The van der Waals surface area contributed by atoms with E-state index >= 15 is 0 Å². The fraction of sp³-hybridized carbons (Fsp3) is 0.300. The van der Waals surface area contributed by atoms with Crippen LogP contribution in [0.15, 0.2) is 20.7 Å². The fourth-order valence-electron chi connectivity index (χ4n) is 1.90. The van der Waals surface area contributed by atoms with Crippen LogP contribution in [-0.2, 0) is 6.54 Å². The minimum Gasteiger partial charge on any atom is -0.446 e. The van der Waals surface area contributed by atoms with Gasteiger partial charge >= 0.3 is 0 Å². The number of hydrogen-bond donors (Lipinski definition) is 1. The highest BCUT2D eigenvalue weighted by Crippen LogP contribution is 2.39. The largest absolute Gasteiger partial charge is 0.446 e. The zero-order valence-corrected chi connectivity index (χ0v) is 10.5. The average molecular weight is 285 g/mol. The first-order valence-corrected chi connectivity index (χ1v) is 6.28. The van der Waals surface area contributed by atoms with Gasteiger partial charge in [-0.25, -0.2) is 4.98 Å². The van der Waals surface area contributed by atoms with Gasteiger partial charge in [-0.1, -0.05) is 0 Å². The van der Waals surface area contributed by atoms with E-state index in [2.05, 4.69) is 32.3 Å². The fourth-order valence-corrected chi connectivity index (χ4v) is 3.68. The molecule has 0 aliphatic carbocycles. The number of fused-ring (bicyclic) bond motifs is 1. The number of halogens is 1. The van der Waals surface area contributed by atoms with Crippen LogP contribution in [0, 0.1) is 6.92 Å². The molecule has 78 valence electrons. The summed E-state index contributed by atoms with van der Waals surface area (Å²) in [5, 5.41) is 3.43. The third-order valence-electron chi connectivity index (χ3n) is 2.62. The van der Waals surface area contributed by atoms with Gasteiger partial charge in [0.1, 0.15) is 11.8 Å². The smallest absolute Gasteiger partial charge is 0.181 e. The number of aromatic nitrogens is 1. The number of hydrogen-bond acceptors (Lipinski definition) is 4. The molecule has 0 amide bonds. The molecule has 1 unspecified atom stereocenters. The number of rotatable bonds is 1. The molecule has 3 heterocycles. The van der Waals surface area contributed by atoms with E-state index in [0.717, 1.165) is 18.0 Å². The third kappa shape index (κ3) is 1.46. The van der Waals surface area contributed by atoms with Crippen molar-refractivity contribution in [2.24, 2.45) is 0 Å². The molecule has 15 heavy (non-hydrogen) atoms. The van der Waals surface area contributed by atoms with Gasteiger partial charge in [0.05, 0.1) is 9.48 Å². The lowest BCUT2D eigenvalue weighted by molar-refractivity contribution is 0.459. The second-order valence-corrected chi connectivity index (χ2v) is 6.02. The van der Waals surface area contributed by atoms with Crippen LogP contribution in [0.3, 0.4) is 0 Å². The molecule has 3 rings (SSSR count). The summed E-state index contributed by atoms with van der Waals surface area (Å²) in [4.78, 5) is 5.46. The van der Waals surface area contributed by atoms with Gasteiger partial charge in [0, 0.05) is 11.4 Å². The Hall–Kier alpha value is -0.650. The zero-order chi connectivity index (χ0) is 10.4. The molecular weight excluding hydrogens is 276 g/mol. The van der Waals surface area contributed by atoms with Crippen LogP contribution in [0.2, 0.25) is 0 Å². The van der Waals surface area contributed by atoms with Crippen LogP contribution in [0.1, 0.15) is 27.9 Å². The van der Waals surface area contributed by atoms with Gasteiger partial charge in [-0.3, -0.25) is 5.32 Å². The summed E-state index contributed by atoms with van der Waals surface area (Å²) in [6.07, 6.45) is 1.51. The van der Waals surface area contributed by atoms with Gasteiger partial charge in [0.15, 0.2) is 6.39 Å². The lowest BCUT2D eigenvalue weighted by atomic mass is 10.1. The Morgan fingerprint density at radius 3 is 3.27 bits per heavy atom. The van der Waals surface area contributed by atoms with Crippen molar-refractivity contribution < 1.29 is 4.42 Å². The number of thiophene rings is 1. The lowest BCUT2D eigenvalue weighted by Crippen LogP contribution is -2.13. The Kier molecular flexibility index (Phi) is 2.19. The Morgan fingerprint density at radius 2 is 2.53 bits per heavy atom. The van der Waals surface area contributed by atoms with Crippen LogP contribution >= 0.6 is 27.3 Å². The predicted molar refractivity (Wildman–Crippen MR) is 61.9 cm³/mol. The van der Waals surface area contributed by atoms with Crippen LogP contribution in [0.25, 0.3) is 0 Å². The third-order valence-corrected chi connectivity index (χ3v) is 4.36. The van der Waals surface area contributed by atoms with Gasteiger partial charge in [0.25, 0.3) is 0 Å². The molecule has 2 aromatic rings. The summed E-state index contributed by atoms with van der Waals surface area (Å²) in [5.41, 5.74) is 2.32. The normalized spacial score (nSPS) is 19.5. The quantitative estimate of drug-likeness (QED) is 0.875. The van der Waals surface area contributed by atoms with Gasteiger partial charge < -0.3 is 4.42 Å². The number of aryl methyl sites for hydroxylation is 1. The summed E-state index contributed by atoms with van der Waals surface area (Å²) < 4.78 is 6.61. The topological polar surface area (TPSA) is 38.1 Å². The summed E-state index contributed by atoms with van der Waals surface area (Å²) >= 11 is 5.27. The van der Waals surface area contributed by atoms with Crippen molar-refractivity contribution in [2.45, 2.75) is 19.5 Å². The monoisotopic (exact) mass is 284 g/mol. The van der Waals surface area contributed by atoms with E-state index in [9.17, 15) is 0 Å². The van der Waals surface area contributed by atoms with Crippen LogP contribution in [-0.4, -0.2) is 4.98 Å². The zero-order valence-electron chi connectivity index (χ0n) is 8.08. The van der Waals surface area contributed by atoms with Crippen LogP contribution in [0.4, 0.5) is 0 Å². The minimum absolute atomic E-state index is 0.179. The second-order valence-electron chi connectivity index (χ2n) is 3.56. The van der Waals surface area contributed by atoms with Gasteiger partial charge in [-0.05, 0) is 34.5 Å². The standard InChI is InChI=1S/C10H9BrN2OS/c1-5-9(14-4-13-5)8-10-6(3-12-8)2-7(11)15-10/h2,4,8,12H,3H2,1H3. The molecule has 1 aliphatic rings. The molecule has 0 bridgehead atoms. The molecule has 0 fully saturated rings. The van der Waals surface area contributed by atoms with E-state index in [1.807, 2.05) is 6.92 Å². The minimum atomic E-state index is 0.179. The summed E-state index contributed by atoms with van der Waals surface area (Å²) in [5.74, 6) is 0.933. The molecule has 2 aromatic heterocycles. The van der Waals surface area contributed by atoms with Crippen molar-refractivity contribution >= 4 is 27.3 Å². The van der Waals surface area contributed by atoms with E-state index < -0.39 is 0 Å². The highest BCUT2D eigenvalue weighted by atomic mass is 79.9. The van der Waals surface area contributed by atoms with E-state index in [0.29, 0.717) is 0 Å². The first-order valence-electron chi connectivity index (χ1n) is 4.67. The molecule has 1 N–H and O–H groups in total. The number of nitrogens with zero attached hydrogens (tertiary/aromatic N) is 1. The Balaban J connectivity index is 2.07. The molecule has 1 atom stereocenters. The van der Waals surface area contributed by atoms with Crippen molar-refractivity contribution in [2.75, 3.05) is 0 Å². The summed E-state index contributed by atoms with van der Waals surface area (Å²) in [6, 6.07) is 2.34. The molecule has 3 nitrogen and oxygen atoms in total.